The lowest BCUT2D eigenvalue weighted by Gasteiger charge is -2.09. The van der Waals surface area contributed by atoms with E-state index in [9.17, 15) is 4.79 Å². The highest BCUT2D eigenvalue weighted by molar-refractivity contribution is 6.35. The van der Waals surface area contributed by atoms with Crippen LogP contribution in [0.2, 0.25) is 10.0 Å². The van der Waals surface area contributed by atoms with E-state index in [1.165, 1.54) is 0 Å². The molecule has 4 nitrogen and oxygen atoms in total. The molecule has 0 amide bonds. The third-order valence-electron chi connectivity index (χ3n) is 2.60. The molecule has 2 rings (SSSR count). The van der Waals surface area contributed by atoms with E-state index in [1.807, 2.05) is 6.07 Å². The number of hydrogen-bond acceptors (Lipinski definition) is 4. The summed E-state index contributed by atoms with van der Waals surface area (Å²) in [5.74, 6) is -0.424. The molecule has 0 aromatic heterocycles. The van der Waals surface area contributed by atoms with Crippen molar-refractivity contribution < 1.29 is 14.4 Å². The van der Waals surface area contributed by atoms with Gasteiger partial charge in [-0.05, 0) is 30.7 Å². The summed E-state index contributed by atoms with van der Waals surface area (Å²) < 4.78 is 4.87. The van der Waals surface area contributed by atoms with E-state index in [0.29, 0.717) is 28.8 Å². The summed E-state index contributed by atoms with van der Waals surface area (Å²) in [5, 5.41) is 1.16. The predicted molar refractivity (Wildman–Crippen MR) is 72.9 cm³/mol. The lowest BCUT2D eigenvalue weighted by Crippen LogP contribution is -2.19. The second kappa shape index (κ2) is 6.28. The number of nitrogens with one attached hydrogen (secondary N) is 1. The first-order valence-electron chi connectivity index (χ1n) is 5.84. The molecule has 1 aliphatic rings. The molecule has 0 aliphatic carbocycles. The minimum Gasteiger partial charge on any atom is -0.461 e. The zero-order valence-electron chi connectivity index (χ0n) is 10.3. The molecule has 0 fully saturated rings. The van der Waals surface area contributed by atoms with Gasteiger partial charge < -0.3 is 4.74 Å². The number of hydrogen-bond donors (Lipinski definition) is 1. The normalized spacial score (nSPS) is 17.8. The van der Waals surface area contributed by atoms with Crippen molar-refractivity contribution in [2.24, 2.45) is 0 Å². The summed E-state index contributed by atoms with van der Waals surface area (Å²) >= 11 is 11.9. The minimum absolute atomic E-state index is 0.266. The number of benzene rings is 1. The number of ether oxygens (including phenoxy) is 1. The Hall–Kier alpha value is -1.23. The molecule has 6 heteroatoms. The molecular weight excluding hydrogens is 289 g/mol. The van der Waals surface area contributed by atoms with Crippen molar-refractivity contribution in [3.8, 4) is 0 Å². The summed E-state index contributed by atoms with van der Waals surface area (Å²) in [4.78, 5) is 16.8. The highest BCUT2D eigenvalue weighted by atomic mass is 35.5. The number of carbonyl (C=O) groups is 1. The van der Waals surface area contributed by atoms with Gasteiger partial charge >= 0.3 is 5.97 Å². The van der Waals surface area contributed by atoms with Gasteiger partial charge in [-0.1, -0.05) is 29.3 Å². The van der Waals surface area contributed by atoms with Crippen LogP contribution in [-0.4, -0.2) is 18.7 Å². The number of esters is 1. The van der Waals surface area contributed by atoms with Crippen LogP contribution in [0.3, 0.4) is 0 Å². The number of hydroxylamine groups is 1. The van der Waals surface area contributed by atoms with Crippen LogP contribution in [0.1, 0.15) is 12.5 Å². The predicted octanol–water partition coefficient (Wildman–Crippen LogP) is 2.89. The summed E-state index contributed by atoms with van der Waals surface area (Å²) in [6.45, 7) is 2.07. The average Bonchev–Trinajstić information content (AvgIpc) is 2.82. The number of carbonyl (C=O) groups excluding carboxylic acids is 1. The summed E-state index contributed by atoms with van der Waals surface area (Å²) in [6.07, 6.45) is 1.97. The van der Waals surface area contributed by atoms with Crippen molar-refractivity contribution in [2.75, 3.05) is 6.61 Å². The fourth-order valence-electron chi connectivity index (χ4n) is 1.72. The summed E-state index contributed by atoms with van der Waals surface area (Å²) in [7, 11) is 0. The molecule has 1 unspecified atom stereocenters. The smallest absolute Gasteiger partial charge is 0.356 e. The van der Waals surface area contributed by atoms with Gasteiger partial charge in [0.05, 0.1) is 6.61 Å². The highest BCUT2D eigenvalue weighted by Gasteiger charge is 2.23. The molecule has 19 heavy (non-hydrogen) atoms. The molecule has 1 aromatic rings. The number of halogens is 2. The van der Waals surface area contributed by atoms with E-state index in [1.54, 1.807) is 25.1 Å². The van der Waals surface area contributed by atoms with Crippen LogP contribution in [0.5, 0.6) is 0 Å². The van der Waals surface area contributed by atoms with Crippen molar-refractivity contribution in [3.63, 3.8) is 0 Å². The minimum atomic E-state index is -0.424. The SMILES string of the molecule is CCOC(=O)C1=CC(Cc2ccc(Cl)cc2Cl)ON1. The maximum Gasteiger partial charge on any atom is 0.356 e. The standard InChI is InChI=1S/C13H13Cl2NO3/c1-2-18-13(17)12-7-10(19-16-12)5-8-3-4-9(14)6-11(8)15/h3-4,6-7,10,16H,2,5H2,1H3. The van der Waals surface area contributed by atoms with Gasteiger partial charge in [0.2, 0.25) is 0 Å². The second-order valence-corrected chi connectivity index (χ2v) is 4.84. The van der Waals surface area contributed by atoms with E-state index >= 15 is 0 Å². The first-order valence-corrected chi connectivity index (χ1v) is 6.60. The van der Waals surface area contributed by atoms with Crippen molar-refractivity contribution in [1.29, 1.82) is 0 Å². The maximum absolute atomic E-state index is 11.5. The Morgan fingerprint density at radius 1 is 1.47 bits per heavy atom. The van der Waals surface area contributed by atoms with Crippen LogP contribution < -0.4 is 5.48 Å². The molecule has 0 saturated heterocycles. The Balaban J connectivity index is 2.03. The molecule has 102 valence electrons. The molecular formula is C13H13Cl2NO3. The average molecular weight is 302 g/mol. The quantitative estimate of drug-likeness (QED) is 0.869. The van der Waals surface area contributed by atoms with Crippen molar-refractivity contribution >= 4 is 29.2 Å². The van der Waals surface area contributed by atoms with E-state index in [4.69, 9.17) is 32.8 Å². The van der Waals surface area contributed by atoms with Gasteiger partial charge in [-0.3, -0.25) is 10.3 Å². The van der Waals surface area contributed by atoms with Gasteiger partial charge in [-0.15, -0.1) is 0 Å². The van der Waals surface area contributed by atoms with E-state index in [-0.39, 0.29) is 6.10 Å². The Morgan fingerprint density at radius 2 is 2.26 bits per heavy atom. The van der Waals surface area contributed by atoms with Crippen LogP contribution >= 0.6 is 23.2 Å². The topological polar surface area (TPSA) is 47.6 Å². The van der Waals surface area contributed by atoms with Crippen molar-refractivity contribution in [2.45, 2.75) is 19.4 Å². The monoisotopic (exact) mass is 301 g/mol. The molecule has 0 radical (unpaired) electrons. The Bertz CT molecular complexity index is 517. The zero-order valence-corrected chi connectivity index (χ0v) is 11.8. The fraction of sp³-hybridized carbons (Fsp3) is 0.308. The van der Waals surface area contributed by atoms with Crippen LogP contribution in [-0.2, 0) is 20.8 Å². The lowest BCUT2D eigenvalue weighted by molar-refractivity contribution is -0.140. The lowest BCUT2D eigenvalue weighted by atomic mass is 10.1. The number of rotatable bonds is 4. The van der Waals surface area contributed by atoms with Gasteiger partial charge in [0, 0.05) is 16.5 Å². The van der Waals surface area contributed by atoms with E-state index in [2.05, 4.69) is 5.48 Å². The second-order valence-electron chi connectivity index (χ2n) is 4.00. The largest absolute Gasteiger partial charge is 0.461 e. The molecule has 1 N–H and O–H groups in total. The van der Waals surface area contributed by atoms with Gasteiger partial charge in [-0.25, -0.2) is 4.79 Å². The molecule has 0 bridgehead atoms. The van der Waals surface area contributed by atoms with Crippen LogP contribution in [0, 0.1) is 0 Å². The van der Waals surface area contributed by atoms with Crippen LogP contribution in [0.25, 0.3) is 0 Å². The van der Waals surface area contributed by atoms with Crippen LogP contribution in [0.15, 0.2) is 30.0 Å². The van der Waals surface area contributed by atoms with Crippen molar-refractivity contribution in [1.82, 2.24) is 5.48 Å². The summed E-state index contributed by atoms with van der Waals surface area (Å²) in [6, 6.07) is 5.28. The first-order chi connectivity index (χ1) is 9.10. The third kappa shape index (κ3) is 3.62. The zero-order chi connectivity index (χ0) is 13.8. The van der Waals surface area contributed by atoms with Gasteiger partial charge in [0.15, 0.2) is 0 Å². The molecule has 0 spiro atoms. The third-order valence-corrected chi connectivity index (χ3v) is 3.19. The molecule has 1 heterocycles. The van der Waals surface area contributed by atoms with E-state index < -0.39 is 5.97 Å². The summed E-state index contributed by atoms with van der Waals surface area (Å²) in [5.41, 5.74) is 3.78. The fourth-order valence-corrected chi connectivity index (χ4v) is 2.20. The Kier molecular flexibility index (Phi) is 4.69. The Labute approximate surface area is 121 Å². The molecule has 1 aliphatic heterocycles. The van der Waals surface area contributed by atoms with Crippen molar-refractivity contribution in [3.05, 3.63) is 45.6 Å². The molecule has 1 atom stereocenters. The maximum atomic E-state index is 11.5. The Morgan fingerprint density at radius 3 is 2.95 bits per heavy atom. The first kappa shape index (κ1) is 14.2. The van der Waals surface area contributed by atoms with E-state index in [0.717, 1.165) is 5.56 Å². The van der Waals surface area contributed by atoms with Gasteiger partial charge in [-0.2, -0.15) is 0 Å². The van der Waals surface area contributed by atoms with Crippen LogP contribution in [0.4, 0.5) is 0 Å². The highest BCUT2D eigenvalue weighted by Crippen LogP contribution is 2.24. The molecule has 1 aromatic carbocycles. The van der Waals surface area contributed by atoms with Gasteiger partial charge in [0.25, 0.3) is 0 Å². The molecule has 0 saturated carbocycles. The van der Waals surface area contributed by atoms with Gasteiger partial charge in [0.1, 0.15) is 11.8 Å².